The summed E-state index contributed by atoms with van der Waals surface area (Å²) in [5, 5.41) is 5.40. The monoisotopic (exact) mass is 493 g/mol. The van der Waals surface area contributed by atoms with Crippen molar-refractivity contribution in [2.24, 2.45) is 0 Å². The maximum atomic E-state index is 13.9. The number of ether oxygens (including phenoxy) is 1. The Morgan fingerprint density at radius 1 is 1.11 bits per heavy atom. The van der Waals surface area contributed by atoms with Gasteiger partial charge in [0.25, 0.3) is 5.91 Å². The van der Waals surface area contributed by atoms with Gasteiger partial charge in [-0.2, -0.15) is 0 Å². The van der Waals surface area contributed by atoms with Crippen LogP contribution in [0.15, 0.2) is 41.8 Å². The number of carbonyl (C=O) groups is 2. The molecule has 7 heteroatoms. The summed E-state index contributed by atoms with van der Waals surface area (Å²) in [5.41, 5.74) is 1.69. The molecule has 0 unspecified atom stereocenters. The molecule has 0 saturated heterocycles. The molecule has 1 saturated carbocycles. The van der Waals surface area contributed by atoms with Crippen LogP contribution in [-0.4, -0.2) is 39.5 Å². The molecule has 0 spiro atoms. The zero-order valence-corrected chi connectivity index (χ0v) is 21.5. The van der Waals surface area contributed by atoms with Gasteiger partial charge in [0.05, 0.1) is 23.4 Å². The third kappa shape index (κ3) is 4.70. The molecule has 0 bridgehead atoms. The zero-order valence-electron chi connectivity index (χ0n) is 20.7. The lowest BCUT2D eigenvalue weighted by molar-refractivity contribution is -0.134. The van der Waals surface area contributed by atoms with Gasteiger partial charge in [-0.3, -0.25) is 9.59 Å². The number of hydrogen-bond donors (Lipinski definition) is 1. The van der Waals surface area contributed by atoms with Gasteiger partial charge in [-0.25, -0.2) is 0 Å². The van der Waals surface area contributed by atoms with E-state index in [4.69, 9.17) is 4.74 Å². The average Bonchev–Trinajstić information content (AvgIpc) is 3.42. The van der Waals surface area contributed by atoms with Crippen molar-refractivity contribution in [1.82, 2.24) is 14.8 Å². The molecule has 6 nitrogen and oxygen atoms in total. The first-order valence-electron chi connectivity index (χ1n) is 12.9. The summed E-state index contributed by atoms with van der Waals surface area (Å²) < 4.78 is 8.70. The minimum Gasteiger partial charge on any atom is -0.494 e. The summed E-state index contributed by atoms with van der Waals surface area (Å²) in [4.78, 5) is 29.6. The van der Waals surface area contributed by atoms with E-state index in [9.17, 15) is 9.59 Å². The van der Waals surface area contributed by atoms with Crippen molar-refractivity contribution in [3.05, 3.63) is 53.0 Å². The number of nitrogens with zero attached hydrogens (tertiary/aromatic N) is 2. The molecule has 1 aliphatic heterocycles. The zero-order chi connectivity index (χ0) is 24.4. The Morgan fingerprint density at radius 2 is 1.83 bits per heavy atom. The lowest BCUT2D eigenvalue weighted by atomic mass is 9.91. The Balaban J connectivity index is 1.46. The van der Waals surface area contributed by atoms with Gasteiger partial charge in [-0.1, -0.05) is 44.2 Å². The van der Waals surface area contributed by atoms with Crippen LogP contribution in [0.25, 0.3) is 10.2 Å². The first kappa shape index (κ1) is 23.9. The highest BCUT2D eigenvalue weighted by atomic mass is 32.1. The average molecular weight is 494 g/mol. The molecule has 3 aromatic rings. The molecule has 1 aromatic carbocycles. The molecule has 0 radical (unpaired) electrons. The fraction of sp³-hybridized carbons (Fsp3) is 0.500. The van der Waals surface area contributed by atoms with Crippen LogP contribution < -0.4 is 10.1 Å². The van der Waals surface area contributed by atoms with Crippen LogP contribution in [0, 0.1) is 0 Å². The van der Waals surface area contributed by atoms with Crippen molar-refractivity contribution in [2.45, 2.75) is 83.5 Å². The summed E-state index contributed by atoms with van der Waals surface area (Å²) in [7, 11) is 0. The van der Waals surface area contributed by atoms with Gasteiger partial charge >= 0.3 is 0 Å². The molecule has 2 aliphatic rings. The predicted octanol–water partition coefficient (Wildman–Crippen LogP) is 5.75. The molecular weight excluding hydrogens is 458 g/mol. The van der Waals surface area contributed by atoms with Gasteiger partial charge in [-0.15, -0.1) is 11.3 Å². The second-order valence-electron chi connectivity index (χ2n) is 10.0. The first-order valence-corrected chi connectivity index (χ1v) is 13.8. The highest BCUT2D eigenvalue weighted by Gasteiger charge is 2.48. The van der Waals surface area contributed by atoms with Crippen molar-refractivity contribution in [2.75, 3.05) is 6.61 Å². The van der Waals surface area contributed by atoms with Gasteiger partial charge in [0.1, 0.15) is 17.0 Å². The number of nitrogens with one attached hydrogen (secondary N) is 1. The lowest BCUT2D eigenvalue weighted by Crippen LogP contribution is -2.64. The largest absolute Gasteiger partial charge is 0.494 e. The quantitative estimate of drug-likeness (QED) is 0.476. The normalized spacial score (nSPS) is 21.4. The summed E-state index contributed by atoms with van der Waals surface area (Å²) >= 11 is 1.63. The SMILES string of the molecule is CCOc1ccc(CN2C(=O)c3cc4sccc4n3C[C@]2(C)C(=O)NC2CCCCCCC2)cc1. The van der Waals surface area contributed by atoms with E-state index in [2.05, 4.69) is 5.32 Å². The maximum absolute atomic E-state index is 13.9. The van der Waals surface area contributed by atoms with E-state index < -0.39 is 5.54 Å². The molecule has 2 aromatic heterocycles. The summed E-state index contributed by atoms with van der Waals surface area (Å²) in [6, 6.07) is 12.0. The fourth-order valence-corrected chi connectivity index (χ4v) is 6.32. The fourth-order valence-electron chi connectivity index (χ4n) is 5.50. The number of amides is 2. The number of benzene rings is 1. The van der Waals surface area contributed by atoms with Crippen LogP contribution >= 0.6 is 11.3 Å². The molecule has 1 N–H and O–H groups in total. The highest BCUT2D eigenvalue weighted by molar-refractivity contribution is 7.17. The molecule has 3 heterocycles. The molecule has 5 rings (SSSR count). The minimum absolute atomic E-state index is 0.0508. The van der Waals surface area contributed by atoms with Crippen LogP contribution in [0.4, 0.5) is 0 Å². The molecular formula is C28H35N3O3S. The number of thiophene rings is 1. The number of aromatic nitrogens is 1. The van der Waals surface area contributed by atoms with E-state index in [-0.39, 0.29) is 17.9 Å². The van der Waals surface area contributed by atoms with E-state index in [0.717, 1.165) is 47.2 Å². The Labute approximate surface area is 211 Å². The standard InChI is InChI=1S/C28H35N3O3S/c1-3-34-22-13-11-20(12-14-22)18-31-26(32)24-17-25-23(15-16-35-25)30(24)19-28(31,2)27(33)29-21-9-7-5-4-6-8-10-21/h11-17,21H,3-10,18-19H2,1-2H3,(H,29,33)/t28-/m1/s1. The number of rotatable bonds is 6. The Morgan fingerprint density at radius 3 is 2.54 bits per heavy atom. The molecule has 35 heavy (non-hydrogen) atoms. The van der Waals surface area contributed by atoms with Crippen molar-refractivity contribution in [1.29, 1.82) is 0 Å². The van der Waals surface area contributed by atoms with E-state index in [1.807, 2.05) is 60.2 Å². The minimum atomic E-state index is -0.987. The van der Waals surface area contributed by atoms with Crippen LogP contribution in [0.5, 0.6) is 5.75 Å². The van der Waals surface area contributed by atoms with Gasteiger partial charge < -0.3 is 19.5 Å². The highest BCUT2D eigenvalue weighted by Crippen LogP contribution is 2.35. The third-order valence-corrected chi connectivity index (χ3v) is 8.41. The van der Waals surface area contributed by atoms with Gasteiger partial charge in [0.15, 0.2) is 0 Å². The summed E-state index contributed by atoms with van der Waals surface area (Å²) in [6.07, 6.45) is 8.07. The Bertz CT molecular complexity index is 1190. The van der Waals surface area contributed by atoms with Crippen LogP contribution in [0.2, 0.25) is 0 Å². The van der Waals surface area contributed by atoms with Crippen molar-refractivity contribution in [3.8, 4) is 5.75 Å². The summed E-state index contributed by atoms with van der Waals surface area (Å²) in [6.45, 7) is 5.32. The van der Waals surface area contributed by atoms with E-state index in [0.29, 0.717) is 25.4 Å². The van der Waals surface area contributed by atoms with Gasteiger partial charge in [0.2, 0.25) is 5.91 Å². The number of carbonyl (C=O) groups excluding carboxylic acids is 2. The van der Waals surface area contributed by atoms with Crippen molar-refractivity contribution >= 4 is 33.4 Å². The van der Waals surface area contributed by atoms with Crippen molar-refractivity contribution in [3.63, 3.8) is 0 Å². The topological polar surface area (TPSA) is 63.6 Å². The van der Waals surface area contributed by atoms with Gasteiger partial charge in [0, 0.05) is 12.6 Å². The second kappa shape index (κ2) is 10.1. The van der Waals surface area contributed by atoms with Crippen LogP contribution in [0.1, 0.15) is 74.8 Å². The molecule has 1 aliphatic carbocycles. The Kier molecular flexibility index (Phi) is 6.87. The van der Waals surface area contributed by atoms with E-state index in [1.54, 1.807) is 16.2 Å². The number of hydrogen-bond acceptors (Lipinski definition) is 4. The predicted molar refractivity (Wildman–Crippen MR) is 140 cm³/mol. The molecule has 1 fully saturated rings. The summed E-state index contributed by atoms with van der Waals surface area (Å²) in [5.74, 6) is 0.661. The first-order chi connectivity index (χ1) is 17.0. The molecule has 2 amide bonds. The molecule has 186 valence electrons. The van der Waals surface area contributed by atoms with E-state index >= 15 is 0 Å². The van der Waals surface area contributed by atoms with Crippen LogP contribution in [0.3, 0.4) is 0 Å². The Hall–Kier alpha value is -2.80. The number of fused-ring (bicyclic) bond motifs is 3. The molecule has 1 atom stereocenters. The van der Waals surface area contributed by atoms with Crippen LogP contribution in [-0.2, 0) is 17.9 Å². The maximum Gasteiger partial charge on any atom is 0.271 e. The van der Waals surface area contributed by atoms with E-state index in [1.165, 1.54) is 19.3 Å². The smallest absolute Gasteiger partial charge is 0.271 e. The second-order valence-corrected chi connectivity index (χ2v) is 11.0. The lowest BCUT2D eigenvalue weighted by Gasteiger charge is -2.44. The van der Waals surface area contributed by atoms with Crippen molar-refractivity contribution < 1.29 is 14.3 Å². The third-order valence-electron chi connectivity index (χ3n) is 7.55. The van der Waals surface area contributed by atoms with Gasteiger partial charge in [-0.05, 0) is 61.9 Å².